The monoisotopic (exact) mass is 210 g/mol. The Kier molecular flexibility index (Phi) is 3.26. The fraction of sp³-hybridized carbons (Fsp3) is 0.500. The van der Waals surface area contributed by atoms with Crippen LogP contribution in [0.2, 0.25) is 0 Å². The van der Waals surface area contributed by atoms with Crippen LogP contribution in [0, 0.1) is 5.92 Å². The lowest BCUT2D eigenvalue weighted by molar-refractivity contribution is 0.631. The van der Waals surface area contributed by atoms with Crippen LogP contribution in [0.4, 0.5) is 0 Å². The van der Waals surface area contributed by atoms with E-state index in [1.165, 1.54) is 0 Å². The summed E-state index contributed by atoms with van der Waals surface area (Å²) in [6.07, 6.45) is 2.83. The Morgan fingerprint density at radius 2 is 2.50 bits per heavy atom. The lowest BCUT2D eigenvalue weighted by Crippen LogP contribution is -2.15. The molecule has 76 valence electrons. The van der Waals surface area contributed by atoms with E-state index in [0.29, 0.717) is 10.9 Å². The van der Waals surface area contributed by atoms with Gasteiger partial charge in [-0.3, -0.25) is 4.21 Å². The molecule has 0 spiro atoms. The molecule has 0 unspecified atom stereocenters. The molecule has 1 aliphatic heterocycles. The molecule has 1 N–H and O–H groups in total. The van der Waals surface area contributed by atoms with E-state index in [0.717, 1.165) is 25.3 Å². The zero-order valence-electron chi connectivity index (χ0n) is 7.98. The molecule has 0 aromatic carbocycles. The maximum absolute atomic E-state index is 11.8. The Hall–Kier alpha value is -0.740. The summed E-state index contributed by atoms with van der Waals surface area (Å²) in [4.78, 5) is 4.10. The highest BCUT2D eigenvalue weighted by molar-refractivity contribution is 7.84. The summed E-state index contributed by atoms with van der Waals surface area (Å²) in [5.41, 5.74) is 0. The first-order chi connectivity index (χ1) is 6.86. The van der Waals surface area contributed by atoms with Crippen LogP contribution in [0.1, 0.15) is 6.42 Å². The van der Waals surface area contributed by atoms with Crippen molar-refractivity contribution in [3.05, 3.63) is 24.4 Å². The fourth-order valence-electron chi connectivity index (χ4n) is 1.64. The largest absolute Gasteiger partial charge is 0.316 e. The van der Waals surface area contributed by atoms with Crippen molar-refractivity contribution < 1.29 is 4.21 Å². The van der Waals surface area contributed by atoms with Crippen LogP contribution in [0.5, 0.6) is 0 Å². The van der Waals surface area contributed by atoms with E-state index in [2.05, 4.69) is 10.3 Å². The summed E-state index contributed by atoms with van der Waals surface area (Å²) in [5.74, 6) is 1.29. The molecule has 2 atom stereocenters. The first-order valence-corrected chi connectivity index (χ1v) is 6.18. The van der Waals surface area contributed by atoms with Crippen molar-refractivity contribution >= 4 is 10.8 Å². The normalized spacial score (nSPS) is 23.6. The number of hydrogen-bond acceptors (Lipinski definition) is 3. The Labute approximate surface area is 86.4 Å². The minimum Gasteiger partial charge on any atom is -0.316 e. The van der Waals surface area contributed by atoms with Crippen LogP contribution in [-0.2, 0) is 10.8 Å². The second kappa shape index (κ2) is 4.66. The fourth-order valence-corrected chi connectivity index (χ4v) is 2.93. The molecule has 1 saturated heterocycles. The molecule has 0 radical (unpaired) electrons. The third-order valence-electron chi connectivity index (χ3n) is 2.42. The zero-order chi connectivity index (χ0) is 9.80. The van der Waals surface area contributed by atoms with Crippen LogP contribution in [-0.4, -0.2) is 28.0 Å². The maximum atomic E-state index is 11.8. The number of aromatic nitrogens is 1. The van der Waals surface area contributed by atoms with Gasteiger partial charge in [-0.15, -0.1) is 0 Å². The van der Waals surface area contributed by atoms with Gasteiger partial charge >= 0.3 is 0 Å². The Bertz CT molecular complexity index is 309. The predicted octanol–water partition coefficient (Wildman–Crippen LogP) is 0.799. The second-order valence-corrected chi connectivity index (χ2v) is 4.98. The molecule has 0 saturated carbocycles. The Balaban J connectivity index is 1.95. The molecule has 0 bridgehead atoms. The van der Waals surface area contributed by atoms with Gasteiger partial charge in [-0.1, -0.05) is 6.07 Å². The molecule has 1 aliphatic rings. The molecule has 14 heavy (non-hydrogen) atoms. The van der Waals surface area contributed by atoms with Crippen LogP contribution >= 0.6 is 0 Å². The van der Waals surface area contributed by atoms with Crippen molar-refractivity contribution in [2.75, 3.05) is 18.8 Å². The van der Waals surface area contributed by atoms with Crippen molar-refractivity contribution in [3.8, 4) is 0 Å². The molecule has 4 heteroatoms. The molecule has 1 aromatic heterocycles. The van der Waals surface area contributed by atoms with Crippen LogP contribution < -0.4 is 5.32 Å². The van der Waals surface area contributed by atoms with E-state index in [-0.39, 0.29) is 0 Å². The third kappa shape index (κ3) is 2.39. The van der Waals surface area contributed by atoms with Gasteiger partial charge < -0.3 is 5.32 Å². The van der Waals surface area contributed by atoms with Crippen molar-refractivity contribution in [2.45, 2.75) is 11.4 Å². The smallest absolute Gasteiger partial charge is 0.127 e. The molecule has 0 amide bonds. The highest BCUT2D eigenvalue weighted by atomic mass is 32.2. The van der Waals surface area contributed by atoms with Gasteiger partial charge in [0.25, 0.3) is 0 Å². The van der Waals surface area contributed by atoms with E-state index in [9.17, 15) is 4.21 Å². The van der Waals surface area contributed by atoms with E-state index in [1.807, 2.05) is 18.2 Å². The number of rotatable bonds is 3. The van der Waals surface area contributed by atoms with Crippen molar-refractivity contribution in [2.24, 2.45) is 5.92 Å². The van der Waals surface area contributed by atoms with Crippen LogP contribution in [0.3, 0.4) is 0 Å². The van der Waals surface area contributed by atoms with Gasteiger partial charge in [0.1, 0.15) is 5.03 Å². The SMILES string of the molecule is O=[S@](C[C@H]1CCNC1)c1ccccn1. The van der Waals surface area contributed by atoms with Crippen LogP contribution in [0.15, 0.2) is 29.4 Å². The van der Waals surface area contributed by atoms with E-state index in [4.69, 9.17) is 0 Å². The van der Waals surface area contributed by atoms with Gasteiger partial charge in [-0.2, -0.15) is 0 Å². The number of nitrogens with one attached hydrogen (secondary N) is 1. The van der Waals surface area contributed by atoms with Crippen LogP contribution in [0.25, 0.3) is 0 Å². The number of hydrogen-bond donors (Lipinski definition) is 1. The number of pyridine rings is 1. The third-order valence-corrected chi connectivity index (χ3v) is 3.90. The molecule has 1 fully saturated rings. The van der Waals surface area contributed by atoms with Gasteiger partial charge in [0, 0.05) is 11.9 Å². The maximum Gasteiger partial charge on any atom is 0.127 e. The highest BCUT2D eigenvalue weighted by Crippen LogP contribution is 2.12. The average Bonchev–Trinajstić information content (AvgIpc) is 2.72. The Morgan fingerprint density at radius 1 is 1.57 bits per heavy atom. The summed E-state index contributed by atoms with van der Waals surface area (Å²) in [6, 6.07) is 5.56. The minimum absolute atomic E-state index is 0.554. The minimum atomic E-state index is -0.924. The lowest BCUT2D eigenvalue weighted by Gasteiger charge is -2.06. The highest BCUT2D eigenvalue weighted by Gasteiger charge is 2.18. The summed E-state index contributed by atoms with van der Waals surface area (Å²) < 4.78 is 11.8. The lowest BCUT2D eigenvalue weighted by atomic mass is 10.2. The molecule has 2 rings (SSSR count). The topological polar surface area (TPSA) is 42.0 Å². The number of nitrogens with zero attached hydrogens (tertiary/aromatic N) is 1. The van der Waals surface area contributed by atoms with Gasteiger partial charge in [-0.25, -0.2) is 4.98 Å². The van der Waals surface area contributed by atoms with Gasteiger partial charge in [0.2, 0.25) is 0 Å². The quantitative estimate of drug-likeness (QED) is 0.802. The van der Waals surface area contributed by atoms with Crippen molar-refractivity contribution in [3.63, 3.8) is 0 Å². The van der Waals surface area contributed by atoms with E-state index in [1.54, 1.807) is 6.20 Å². The average molecular weight is 210 g/mol. The first kappa shape index (κ1) is 9.80. The molecular formula is C10H14N2OS. The molecule has 2 heterocycles. The van der Waals surface area contributed by atoms with Crippen molar-refractivity contribution in [1.82, 2.24) is 10.3 Å². The van der Waals surface area contributed by atoms with Gasteiger partial charge in [0.15, 0.2) is 0 Å². The first-order valence-electron chi connectivity index (χ1n) is 4.86. The summed E-state index contributed by atoms with van der Waals surface area (Å²) in [7, 11) is -0.924. The molecule has 1 aromatic rings. The summed E-state index contributed by atoms with van der Waals surface area (Å²) in [6.45, 7) is 2.06. The molecule has 0 aliphatic carbocycles. The van der Waals surface area contributed by atoms with E-state index < -0.39 is 10.8 Å². The molecule has 3 nitrogen and oxygen atoms in total. The predicted molar refractivity (Wildman–Crippen MR) is 56.5 cm³/mol. The van der Waals surface area contributed by atoms with Gasteiger partial charge in [-0.05, 0) is 37.6 Å². The van der Waals surface area contributed by atoms with E-state index >= 15 is 0 Å². The Morgan fingerprint density at radius 3 is 3.14 bits per heavy atom. The molecular weight excluding hydrogens is 196 g/mol. The second-order valence-electron chi connectivity index (χ2n) is 3.54. The standard InChI is InChI=1S/C10H14N2OS/c13-14(8-9-4-6-11-7-9)10-3-1-2-5-12-10/h1-3,5,9,11H,4,6-8H2/t9-,14+/m0/s1. The zero-order valence-corrected chi connectivity index (χ0v) is 8.80. The van der Waals surface area contributed by atoms with Gasteiger partial charge in [0.05, 0.1) is 10.8 Å². The summed E-state index contributed by atoms with van der Waals surface area (Å²) >= 11 is 0. The summed E-state index contributed by atoms with van der Waals surface area (Å²) in [5, 5.41) is 3.98. The van der Waals surface area contributed by atoms with Crippen molar-refractivity contribution in [1.29, 1.82) is 0 Å².